The lowest BCUT2D eigenvalue weighted by atomic mass is 9.76. The van der Waals surface area contributed by atoms with Gasteiger partial charge in [-0.15, -0.1) is 4.91 Å². The molecular formula is C22H20FN3O5. The Bertz CT molecular complexity index is 1100. The predicted octanol–water partition coefficient (Wildman–Crippen LogP) is 2.74. The van der Waals surface area contributed by atoms with Crippen molar-refractivity contribution in [3.05, 3.63) is 63.8 Å². The number of carbonyl (C=O) groups excluding carboxylic acids is 3. The molecule has 8 nitrogen and oxygen atoms in total. The lowest BCUT2D eigenvalue weighted by Crippen LogP contribution is -2.53. The van der Waals surface area contributed by atoms with Gasteiger partial charge in [-0.1, -0.05) is 17.3 Å². The molecule has 4 rings (SSSR count). The monoisotopic (exact) mass is 425 g/mol. The number of imide groups is 1. The van der Waals surface area contributed by atoms with Crippen LogP contribution in [0.15, 0.2) is 41.6 Å². The fraction of sp³-hybridized carbons (Fsp3) is 0.318. The van der Waals surface area contributed by atoms with Crippen LogP contribution in [0.5, 0.6) is 5.75 Å². The first-order valence-electron chi connectivity index (χ1n) is 9.81. The van der Waals surface area contributed by atoms with Gasteiger partial charge < -0.3 is 10.1 Å². The number of carbonyl (C=O) groups is 3. The van der Waals surface area contributed by atoms with Crippen molar-refractivity contribution in [1.82, 2.24) is 5.32 Å². The van der Waals surface area contributed by atoms with E-state index in [1.54, 1.807) is 24.3 Å². The van der Waals surface area contributed by atoms with Gasteiger partial charge in [0.1, 0.15) is 11.6 Å². The second-order valence-electron chi connectivity index (χ2n) is 7.67. The van der Waals surface area contributed by atoms with E-state index in [-0.39, 0.29) is 25.8 Å². The molecule has 0 aromatic heterocycles. The molecule has 2 amide bonds. The molecule has 1 heterocycles. The number of nitrogens with zero attached hydrogens (tertiary/aromatic N) is 1. The summed E-state index contributed by atoms with van der Waals surface area (Å²) in [5.41, 5.74) is -0.0517. The third kappa shape index (κ3) is 3.45. The van der Waals surface area contributed by atoms with Gasteiger partial charge in [-0.05, 0) is 36.2 Å². The lowest BCUT2D eigenvalue weighted by molar-refractivity contribution is -0.137. The van der Waals surface area contributed by atoms with Crippen LogP contribution in [-0.2, 0) is 22.6 Å². The number of anilines is 1. The molecule has 1 unspecified atom stereocenters. The number of nitrogens with one attached hydrogen (secondary N) is 2. The Morgan fingerprint density at radius 3 is 2.77 bits per heavy atom. The minimum atomic E-state index is -1.80. The molecule has 31 heavy (non-hydrogen) atoms. The number of Topliss-reactive ketones (excluding diaryl/α,β-unsaturated/α-hetero) is 1. The zero-order chi connectivity index (χ0) is 22.2. The molecule has 0 bridgehead atoms. The quantitative estimate of drug-likeness (QED) is 0.543. The van der Waals surface area contributed by atoms with Gasteiger partial charge in [0, 0.05) is 36.2 Å². The number of ether oxygens (including phenoxy) is 1. The number of methoxy groups -OCH3 is 1. The van der Waals surface area contributed by atoms with Gasteiger partial charge in [-0.3, -0.25) is 19.7 Å². The molecule has 9 heteroatoms. The second kappa shape index (κ2) is 7.90. The van der Waals surface area contributed by atoms with Gasteiger partial charge >= 0.3 is 0 Å². The van der Waals surface area contributed by atoms with Crippen molar-refractivity contribution in [2.24, 2.45) is 11.1 Å². The van der Waals surface area contributed by atoms with Crippen LogP contribution in [0.4, 0.5) is 10.1 Å². The number of piperidine rings is 1. The van der Waals surface area contributed by atoms with Gasteiger partial charge in [0.15, 0.2) is 11.3 Å². The highest BCUT2D eigenvalue weighted by molar-refractivity contribution is 6.13. The summed E-state index contributed by atoms with van der Waals surface area (Å²) in [6.07, 6.45) is 0.0478. The van der Waals surface area contributed by atoms with Crippen LogP contribution in [-0.4, -0.2) is 30.2 Å². The number of amides is 2. The highest BCUT2D eigenvalue weighted by Crippen LogP contribution is 2.43. The molecule has 1 aliphatic carbocycles. The Kier molecular flexibility index (Phi) is 5.26. The minimum Gasteiger partial charge on any atom is -0.497 e. The van der Waals surface area contributed by atoms with Gasteiger partial charge in [0.25, 0.3) is 0 Å². The summed E-state index contributed by atoms with van der Waals surface area (Å²) in [6.45, 7) is 0.119. The van der Waals surface area contributed by atoms with E-state index in [1.165, 1.54) is 19.2 Å². The molecule has 2 atom stereocenters. The van der Waals surface area contributed by atoms with E-state index < -0.39 is 34.9 Å². The Labute approximate surface area is 177 Å². The van der Waals surface area contributed by atoms with Crippen LogP contribution >= 0.6 is 0 Å². The third-order valence-corrected chi connectivity index (χ3v) is 5.96. The molecule has 0 radical (unpaired) electrons. The summed E-state index contributed by atoms with van der Waals surface area (Å²) < 4.78 is 19.3. The van der Waals surface area contributed by atoms with E-state index in [4.69, 9.17) is 4.74 Å². The number of hydrogen-bond acceptors (Lipinski definition) is 7. The van der Waals surface area contributed by atoms with E-state index >= 15 is 0 Å². The maximum absolute atomic E-state index is 14.2. The Hall–Kier alpha value is -3.62. The average Bonchev–Trinajstić information content (AvgIpc) is 3.06. The number of benzene rings is 2. The van der Waals surface area contributed by atoms with E-state index in [1.807, 2.05) is 0 Å². The summed E-state index contributed by atoms with van der Waals surface area (Å²) in [5, 5.41) is 8.44. The summed E-state index contributed by atoms with van der Waals surface area (Å²) in [6, 6.07) is 9.33. The molecule has 0 saturated carbocycles. The standard InChI is InChI=1S/C22H20FN3O5/c1-31-13-5-7-17(23)12(9-13)11-24-18-4-2-3-14-15(18)10-22(26-30,20(14)28)16-6-8-19(27)25-21(16)29/h2-5,7,9,16,24H,6,8,10-11H2,1H3,(H,25,27,29)/t16-,22?/m0/s1. The van der Waals surface area contributed by atoms with Crippen molar-refractivity contribution in [2.75, 3.05) is 12.4 Å². The number of fused-ring (bicyclic) bond motifs is 1. The molecule has 2 aliphatic rings. The SMILES string of the molecule is COc1ccc(F)c(CNc2cccc3c2CC(N=O)([C@H]2CCC(=O)NC2=O)C3=O)c1. The molecule has 1 fully saturated rings. The van der Waals surface area contributed by atoms with Crippen LogP contribution in [0, 0.1) is 16.6 Å². The van der Waals surface area contributed by atoms with E-state index in [2.05, 4.69) is 15.8 Å². The van der Waals surface area contributed by atoms with Crippen LogP contribution in [0.25, 0.3) is 0 Å². The average molecular weight is 425 g/mol. The van der Waals surface area contributed by atoms with E-state index in [0.717, 1.165) is 0 Å². The largest absolute Gasteiger partial charge is 0.497 e. The molecule has 0 spiro atoms. The van der Waals surface area contributed by atoms with Crippen molar-refractivity contribution in [2.45, 2.75) is 31.3 Å². The maximum Gasteiger partial charge on any atom is 0.232 e. The normalized spacial score (nSPS) is 22.6. The number of halogens is 1. The molecule has 160 valence electrons. The topological polar surface area (TPSA) is 114 Å². The third-order valence-electron chi connectivity index (χ3n) is 5.96. The van der Waals surface area contributed by atoms with Crippen LogP contribution in [0.2, 0.25) is 0 Å². The summed E-state index contributed by atoms with van der Waals surface area (Å²) in [5.74, 6) is -2.56. The van der Waals surface area contributed by atoms with Gasteiger partial charge in [-0.2, -0.15) is 0 Å². The van der Waals surface area contributed by atoms with Crippen LogP contribution in [0.3, 0.4) is 0 Å². The van der Waals surface area contributed by atoms with Crippen molar-refractivity contribution >= 4 is 23.3 Å². The second-order valence-corrected chi connectivity index (χ2v) is 7.67. The van der Waals surface area contributed by atoms with Crippen molar-refractivity contribution in [1.29, 1.82) is 0 Å². The van der Waals surface area contributed by atoms with Gasteiger partial charge in [0.05, 0.1) is 13.0 Å². The summed E-state index contributed by atoms with van der Waals surface area (Å²) in [4.78, 5) is 49.0. The van der Waals surface area contributed by atoms with Crippen molar-refractivity contribution < 1.29 is 23.5 Å². The molecule has 2 aromatic carbocycles. The first kappa shape index (κ1) is 20.6. The zero-order valence-corrected chi connectivity index (χ0v) is 16.7. The highest BCUT2D eigenvalue weighted by Gasteiger charge is 2.57. The molecule has 1 saturated heterocycles. The maximum atomic E-state index is 14.2. The minimum absolute atomic E-state index is 0.0392. The smallest absolute Gasteiger partial charge is 0.232 e. The molecular weight excluding hydrogens is 405 g/mol. The molecule has 2 aromatic rings. The zero-order valence-electron chi connectivity index (χ0n) is 16.7. The van der Waals surface area contributed by atoms with E-state index in [0.29, 0.717) is 28.1 Å². The summed E-state index contributed by atoms with van der Waals surface area (Å²) in [7, 11) is 1.49. The first-order chi connectivity index (χ1) is 14.9. The predicted molar refractivity (Wildman–Crippen MR) is 109 cm³/mol. The van der Waals surface area contributed by atoms with Crippen molar-refractivity contribution in [3.63, 3.8) is 0 Å². The number of ketones is 1. The molecule has 2 N–H and O–H groups in total. The number of nitroso groups, excluding NO2 is 1. The first-order valence-corrected chi connectivity index (χ1v) is 9.81. The highest BCUT2D eigenvalue weighted by atomic mass is 19.1. The fourth-order valence-corrected chi connectivity index (χ4v) is 4.31. The molecule has 1 aliphatic heterocycles. The van der Waals surface area contributed by atoms with E-state index in [9.17, 15) is 23.7 Å². The Balaban J connectivity index is 1.63. The number of rotatable bonds is 6. The van der Waals surface area contributed by atoms with Gasteiger partial charge in [0.2, 0.25) is 11.8 Å². The Morgan fingerprint density at radius 1 is 1.26 bits per heavy atom. The van der Waals surface area contributed by atoms with Crippen LogP contribution < -0.4 is 15.4 Å². The van der Waals surface area contributed by atoms with Crippen LogP contribution in [0.1, 0.15) is 34.3 Å². The summed E-state index contributed by atoms with van der Waals surface area (Å²) >= 11 is 0. The number of hydrogen-bond donors (Lipinski definition) is 2. The Morgan fingerprint density at radius 2 is 2.06 bits per heavy atom. The fourth-order valence-electron chi connectivity index (χ4n) is 4.31. The van der Waals surface area contributed by atoms with Crippen molar-refractivity contribution in [3.8, 4) is 5.75 Å². The lowest BCUT2D eigenvalue weighted by Gasteiger charge is -2.31. The van der Waals surface area contributed by atoms with Gasteiger partial charge in [-0.25, -0.2) is 4.39 Å².